The molecule has 0 bridgehead atoms. The molecule has 0 aliphatic heterocycles. The van der Waals surface area contributed by atoms with Gasteiger partial charge in [0, 0.05) is 12.1 Å². The predicted molar refractivity (Wildman–Crippen MR) is 97.5 cm³/mol. The first-order valence-electron chi connectivity index (χ1n) is 7.97. The second kappa shape index (κ2) is 8.49. The number of sulfonamides is 1. The van der Waals surface area contributed by atoms with Crippen LogP contribution in [0.25, 0.3) is 0 Å². The Bertz CT molecular complexity index is 927. The van der Waals surface area contributed by atoms with E-state index in [0.717, 1.165) is 18.6 Å². The molecule has 2 aromatic carbocycles. The highest BCUT2D eigenvalue weighted by molar-refractivity contribution is 7.92. The fourth-order valence-electron chi connectivity index (χ4n) is 2.25. The van der Waals surface area contributed by atoms with Gasteiger partial charge in [-0.15, -0.1) is 0 Å². The fourth-order valence-corrected chi connectivity index (χ4v) is 3.71. The van der Waals surface area contributed by atoms with Crippen LogP contribution in [0, 0.1) is 10.1 Å². The molecule has 0 heterocycles. The third-order valence-electron chi connectivity index (χ3n) is 3.49. The Hall–Kier alpha value is -3.14. The van der Waals surface area contributed by atoms with Crippen LogP contribution in [0.3, 0.4) is 0 Å². The first-order valence-corrected chi connectivity index (χ1v) is 9.41. The minimum absolute atomic E-state index is 0.104. The van der Waals surface area contributed by atoms with Gasteiger partial charge in [0.05, 0.1) is 22.1 Å². The molecule has 0 aliphatic rings. The molecule has 0 aliphatic carbocycles. The van der Waals surface area contributed by atoms with Crippen LogP contribution in [0.15, 0.2) is 53.4 Å². The van der Waals surface area contributed by atoms with Crippen LogP contribution in [0.1, 0.15) is 13.3 Å². The topological polar surface area (TPSA) is 127 Å². The number of carbonyl (C=O) groups is 1. The number of anilines is 1. The molecule has 0 aromatic heterocycles. The van der Waals surface area contributed by atoms with Crippen molar-refractivity contribution in [3.63, 3.8) is 0 Å². The summed E-state index contributed by atoms with van der Waals surface area (Å²) in [5, 5.41) is 20.0. The second-order valence-corrected chi connectivity index (χ2v) is 7.36. The van der Waals surface area contributed by atoms with Gasteiger partial charge in [-0.2, -0.15) is 0 Å². The van der Waals surface area contributed by atoms with E-state index in [1.165, 1.54) is 36.4 Å². The lowest BCUT2D eigenvalue weighted by atomic mass is 10.3. The Morgan fingerprint density at radius 2 is 1.89 bits per heavy atom. The molecule has 0 fully saturated rings. The lowest BCUT2D eigenvalue weighted by molar-refractivity contribution is -0.385. The van der Waals surface area contributed by atoms with Crippen molar-refractivity contribution in [3.05, 3.63) is 58.6 Å². The third-order valence-corrected chi connectivity index (χ3v) is 5.26. The lowest BCUT2D eigenvalue weighted by Crippen LogP contribution is -2.35. The summed E-state index contributed by atoms with van der Waals surface area (Å²) in [4.78, 5) is 21.0. The van der Waals surface area contributed by atoms with E-state index in [1.54, 1.807) is 0 Å². The van der Waals surface area contributed by atoms with Gasteiger partial charge in [-0.3, -0.25) is 19.2 Å². The molecule has 9 nitrogen and oxygen atoms in total. The standard InChI is InChI=1S/C17H18N2O7S/c1-2-10-26-15-8-6-13(7-9-15)18(12-17(20)21)27(24,25)16-5-3-4-14(11-16)19(22)23/h3-9,11H,2,10,12H2,1H3,(H,20,21). The van der Waals surface area contributed by atoms with E-state index >= 15 is 0 Å². The van der Waals surface area contributed by atoms with Crippen molar-refractivity contribution in [1.82, 2.24) is 0 Å². The number of nitro groups is 1. The number of nitro benzene ring substituents is 1. The zero-order chi connectivity index (χ0) is 20.0. The van der Waals surface area contributed by atoms with E-state index in [4.69, 9.17) is 9.84 Å². The second-order valence-electron chi connectivity index (χ2n) is 5.50. The van der Waals surface area contributed by atoms with Gasteiger partial charge >= 0.3 is 5.97 Å². The molecule has 2 aromatic rings. The Morgan fingerprint density at radius 3 is 2.44 bits per heavy atom. The zero-order valence-electron chi connectivity index (χ0n) is 14.4. The SMILES string of the molecule is CCCOc1ccc(N(CC(=O)O)S(=O)(=O)c2cccc([N+](=O)[O-])c2)cc1. The Labute approximate surface area is 156 Å². The van der Waals surface area contributed by atoms with Crippen molar-refractivity contribution in [2.75, 3.05) is 17.5 Å². The highest BCUT2D eigenvalue weighted by atomic mass is 32.2. The van der Waals surface area contributed by atoms with Crippen molar-refractivity contribution >= 4 is 27.4 Å². The van der Waals surface area contributed by atoms with Crippen LogP contribution in [0.5, 0.6) is 5.75 Å². The molecule has 0 radical (unpaired) electrons. The summed E-state index contributed by atoms with van der Waals surface area (Å²) in [6.45, 7) is 1.60. The van der Waals surface area contributed by atoms with Crippen LogP contribution in [-0.2, 0) is 14.8 Å². The third kappa shape index (κ3) is 4.94. The Balaban J connectivity index is 2.44. The van der Waals surface area contributed by atoms with Gasteiger partial charge < -0.3 is 9.84 Å². The van der Waals surface area contributed by atoms with Crippen molar-refractivity contribution in [3.8, 4) is 5.75 Å². The number of non-ortho nitro benzene ring substituents is 1. The van der Waals surface area contributed by atoms with Crippen molar-refractivity contribution in [2.24, 2.45) is 0 Å². The minimum Gasteiger partial charge on any atom is -0.494 e. The van der Waals surface area contributed by atoms with Crippen molar-refractivity contribution in [2.45, 2.75) is 18.2 Å². The Kier molecular flexibility index (Phi) is 6.35. The van der Waals surface area contributed by atoms with Crippen molar-refractivity contribution < 1.29 is 28.0 Å². The first kappa shape index (κ1) is 20.2. The molecule has 0 saturated heterocycles. The highest BCUT2D eigenvalue weighted by Gasteiger charge is 2.28. The number of hydrogen-bond donors (Lipinski definition) is 1. The quantitative estimate of drug-likeness (QED) is 0.511. The monoisotopic (exact) mass is 394 g/mol. The van der Waals surface area contributed by atoms with E-state index < -0.39 is 33.1 Å². The minimum atomic E-state index is -4.33. The van der Waals surface area contributed by atoms with Gasteiger partial charge in [0.2, 0.25) is 0 Å². The maximum absolute atomic E-state index is 12.9. The largest absolute Gasteiger partial charge is 0.494 e. The maximum Gasteiger partial charge on any atom is 0.324 e. The summed E-state index contributed by atoms with van der Waals surface area (Å²) in [6, 6.07) is 10.3. The highest BCUT2D eigenvalue weighted by Crippen LogP contribution is 2.27. The summed E-state index contributed by atoms with van der Waals surface area (Å²) in [6.07, 6.45) is 0.800. The molecule has 1 N–H and O–H groups in total. The van der Waals surface area contributed by atoms with E-state index in [1.807, 2.05) is 6.92 Å². The molecule has 27 heavy (non-hydrogen) atoms. The number of carboxylic acids is 1. The summed E-state index contributed by atoms with van der Waals surface area (Å²) in [5.74, 6) is -0.848. The summed E-state index contributed by atoms with van der Waals surface area (Å²) in [5.41, 5.74) is -0.303. The van der Waals surface area contributed by atoms with Crippen LogP contribution >= 0.6 is 0 Å². The molecule has 144 valence electrons. The van der Waals surface area contributed by atoms with E-state index in [0.29, 0.717) is 16.7 Å². The zero-order valence-corrected chi connectivity index (χ0v) is 15.3. The molecule has 0 amide bonds. The van der Waals surface area contributed by atoms with Gasteiger partial charge in [0.1, 0.15) is 12.3 Å². The molecular formula is C17H18N2O7S. The van der Waals surface area contributed by atoms with E-state index in [-0.39, 0.29) is 10.6 Å². The van der Waals surface area contributed by atoms with Gasteiger partial charge in [-0.05, 0) is 36.8 Å². The normalized spacial score (nSPS) is 11.0. The van der Waals surface area contributed by atoms with Gasteiger partial charge in [-0.25, -0.2) is 8.42 Å². The lowest BCUT2D eigenvalue weighted by Gasteiger charge is -2.23. The maximum atomic E-state index is 12.9. The first-order chi connectivity index (χ1) is 12.8. The van der Waals surface area contributed by atoms with Gasteiger partial charge in [0.15, 0.2) is 0 Å². The smallest absolute Gasteiger partial charge is 0.324 e. The molecule has 0 spiro atoms. The molecule has 10 heteroatoms. The summed E-state index contributed by atoms with van der Waals surface area (Å²) < 4.78 is 31.9. The molecular weight excluding hydrogens is 376 g/mol. The van der Waals surface area contributed by atoms with Crippen LogP contribution in [-0.4, -0.2) is 37.6 Å². The van der Waals surface area contributed by atoms with Crippen LogP contribution < -0.4 is 9.04 Å². The molecule has 0 atom stereocenters. The van der Waals surface area contributed by atoms with Gasteiger partial charge in [0.25, 0.3) is 15.7 Å². The number of carboxylic acid groups (broad SMARTS) is 1. The van der Waals surface area contributed by atoms with Gasteiger partial charge in [-0.1, -0.05) is 13.0 Å². The Morgan fingerprint density at radius 1 is 1.22 bits per heavy atom. The average molecular weight is 394 g/mol. The molecule has 2 rings (SSSR count). The number of nitrogens with zero attached hydrogens (tertiary/aromatic N) is 2. The fraction of sp³-hybridized carbons (Fsp3) is 0.235. The summed E-state index contributed by atoms with van der Waals surface area (Å²) >= 11 is 0. The van der Waals surface area contributed by atoms with E-state index in [2.05, 4.69) is 0 Å². The van der Waals surface area contributed by atoms with Crippen LogP contribution in [0.4, 0.5) is 11.4 Å². The molecule has 0 unspecified atom stereocenters. The van der Waals surface area contributed by atoms with Crippen molar-refractivity contribution in [1.29, 1.82) is 0 Å². The number of benzene rings is 2. The number of ether oxygens (including phenoxy) is 1. The molecule has 0 saturated carbocycles. The number of rotatable bonds is 9. The van der Waals surface area contributed by atoms with E-state index in [9.17, 15) is 23.3 Å². The number of aliphatic carboxylic acids is 1. The number of hydrogen-bond acceptors (Lipinski definition) is 6. The average Bonchev–Trinajstić information content (AvgIpc) is 2.65. The summed E-state index contributed by atoms with van der Waals surface area (Å²) in [7, 11) is -4.33. The predicted octanol–water partition coefficient (Wildman–Crippen LogP) is 2.66. The van der Waals surface area contributed by atoms with Crippen LogP contribution in [0.2, 0.25) is 0 Å².